The van der Waals surface area contributed by atoms with Crippen molar-refractivity contribution in [1.29, 1.82) is 0 Å². The first-order valence-electron chi connectivity index (χ1n) is 10.4. The van der Waals surface area contributed by atoms with E-state index in [1.165, 1.54) is 11.1 Å². The maximum atomic E-state index is 9.64. The molecule has 0 rings (SSSR count). The minimum Gasteiger partial charge on any atom is -0.481 e. The Morgan fingerprint density at radius 1 is 0.576 bits per heavy atom. The summed E-state index contributed by atoms with van der Waals surface area (Å²) in [4.78, 5) is 38.6. The average molecular weight is 475 g/mol. The van der Waals surface area contributed by atoms with Crippen LogP contribution in [-0.4, -0.2) is 67.7 Å². The molecular weight excluding hydrogens is 436 g/mol. The molecule has 0 bridgehead atoms. The Kier molecular flexibility index (Phi) is 24.8. The lowest BCUT2D eigenvalue weighted by Crippen LogP contribution is -2.00. The highest BCUT2D eigenvalue weighted by atomic mass is 16.4. The summed E-state index contributed by atoms with van der Waals surface area (Å²) in [6, 6.07) is 0. The van der Waals surface area contributed by atoms with Gasteiger partial charge in [-0.25, -0.2) is 0 Å². The van der Waals surface area contributed by atoms with Crippen LogP contribution in [0.3, 0.4) is 0 Å². The number of hydrogen-bond donors (Lipinski definition) is 6. The van der Waals surface area contributed by atoms with Gasteiger partial charge in [0.25, 0.3) is 0 Å². The molecule has 0 unspecified atom stereocenters. The van der Waals surface area contributed by atoms with Gasteiger partial charge in [0, 0.05) is 0 Å². The number of allylic oxidation sites excluding steroid dienone is 4. The Labute approximate surface area is 194 Å². The van der Waals surface area contributed by atoms with Crippen LogP contribution in [0, 0.1) is 0 Å². The molecule has 10 heteroatoms. The zero-order valence-electron chi connectivity index (χ0n) is 19.6. The van der Waals surface area contributed by atoms with E-state index in [-0.39, 0.29) is 38.9 Å². The van der Waals surface area contributed by atoms with Crippen molar-refractivity contribution in [1.82, 2.24) is 0 Å². The predicted molar refractivity (Wildman–Crippen MR) is 123 cm³/mol. The van der Waals surface area contributed by atoms with Crippen molar-refractivity contribution in [3.63, 3.8) is 0 Å². The third-order valence-electron chi connectivity index (χ3n) is 3.74. The van der Waals surface area contributed by atoms with Gasteiger partial charge < -0.3 is 30.6 Å². The van der Waals surface area contributed by atoms with Crippen molar-refractivity contribution < 1.29 is 49.8 Å². The van der Waals surface area contributed by atoms with E-state index in [1.54, 1.807) is 0 Å². The fourth-order valence-corrected chi connectivity index (χ4v) is 1.98. The van der Waals surface area contributed by atoms with E-state index in [1.807, 2.05) is 13.0 Å². The van der Waals surface area contributed by atoms with Crippen LogP contribution >= 0.6 is 0 Å². The van der Waals surface area contributed by atoms with Crippen LogP contribution in [0.2, 0.25) is 0 Å². The number of hydrogen-bond acceptors (Lipinski definition) is 6. The summed E-state index contributed by atoms with van der Waals surface area (Å²) in [5.41, 5.74) is 3.63. The Hall–Kier alpha value is -2.98. The molecule has 0 aromatic rings. The summed E-state index contributed by atoms with van der Waals surface area (Å²) >= 11 is 0. The molecule has 0 aliphatic carbocycles. The average Bonchev–Trinajstić information content (AvgIpc) is 2.70. The first-order chi connectivity index (χ1) is 15.3. The van der Waals surface area contributed by atoms with Crippen molar-refractivity contribution in [2.75, 3.05) is 13.2 Å². The number of aliphatic hydroxyl groups is 2. The number of aliphatic carboxylic acids is 4. The van der Waals surface area contributed by atoms with E-state index in [0.717, 1.165) is 31.3 Å². The molecule has 0 atom stereocenters. The van der Waals surface area contributed by atoms with E-state index in [4.69, 9.17) is 25.5 Å². The first kappa shape index (κ1) is 34.6. The minimum absolute atomic E-state index is 0.114. The normalized spacial score (nSPS) is 10.7. The maximum Gasteiger partial charge on any atom is 0.303 e. The number of carboxylic acids is 4. The summed E-state index contributed by atoms with van der Waals surface area (Å²) in [7, 11) is 0. The highest BCUT2D eigenvalue weighted by molar-refractivity contribution is 5.75. The van der Waals surface area contributed by atoms with Gasteiger partial charge in [0.2, 0.25) is 0 Å². The van der Waals surface area contributed by atoms with Gasteiger partial charge in [-0.15, -0.1) is 0 Å². The number of aliphatic hydroxyl groups excluding tert-OH is 2. The number of carboxylic acid groups (broad SMARTS) is 4. The maximum absolute atomic E-state index is 9.64. The molecule has 0 heterocycles. The summed E-state index contributed by atoms with van der Waals surface area (Å²) in [5, 5.41) is 49.5. The molecular formula is C23H38O10. The van der Waals surface area contributed by atoms with Crippen LogP contribution in [0.15, 0.2) is 34.9 Å². The highest BCUT2D eigenvalue weighted by Gasteiger charge is 2.01. The van der Waals surface area contributed by atoms with E-state index in [9.17, 15) is 24.3 Å². The fourth-order valence-electron chi connectivity index (χ4n) is 1.98. The molecule has 0 aromatic carbocycles. The molecule has 190 valence electrons. The van der Waals surface area contributed by atoms with Crippen LogP contribution in [0.4, 0.5) is 0 Å². The summed E-state index contributed by atoms with van der Waals surface area (Å²) < 4.78 is 0. The van der Waals surface area contributed by atoms with E-state index in [0.29, 0.717) is 0 Å². The lowest BCUT2D eigenvalue weighted by atomic mass is 10.1. The molecule has 0 aliphatic rings. The van der Waals surface area contributed by atoms with Gasteiger partial charge in [-0.1, -0.05) is 29.4 Å². The van der Waals surface area contributed by atoms with Crippen LogP contribution in [-0.2, 0) is 19.2 Å². The van der Waals surface area contributed by atoms with Gasteiger partial charge >= 0.3 is 23.9 Å². The number of rotatable bonds is 14. The second kappa shape index (κ2) is 23.7. The molecule has 0 spiro atoms. The second-order valence-electron chi connectivity index (χ2n) is 7.19. The smallest absolute Gasteiger partial charge is 0.303 e. The fraction of sp³-hybridized carbons (Fsp3) is 0.565. The van der Waals surface area contributed by atoms with Crippen molar-refractivity contribution in [2.24, 2.45) is 0 Å². The van der Waals surface area contributed by atoms with Crippen LogP contribution in [0.5, 0.6) is 0 Å². The van der Waals surface area contributed by atoms with Gasteiger partial charge in [-0.05, 0) is 52.0 Å². The van der Waals surface area contributed by atoms with Gasteiger partial charge in [-0.3, -0.25) is 19.2 Å². The molecule has 0 aliphatic heterocycles. The monoisotopic (exact) mass is 474 g/mol. The van der Waals surface area contributed by atoms with Crippen LogP contribution in [0.25, 0.3) is 0 Å². The Morgan fingerprint density at radius 2 is 0.970 bits per heavy atom. The van der Waals surface area contributed by atoms with E-state index in [2.05, 4.69) is 26.0 Å². The van der Waals surface area contributed by atoms with E-state index < -0.39 is 23.9 Å². The van der Waals surface area contributed by atoms with Crippen molar-refractivity contribution in [3.05, 3.63) is 34.9 Å². The van der Waals surface area contributed by atoms with Crippen molar-refractivity contribution in [3.8, 4) is 0 Å². The van der Waals surface area contributed by atoms with Crippen LogP contribution < -0.4 is 0 Å². The molecule has 0 aromatic heterocycles. The SMILES string of the molecule is CC(C)=CCCC(=CCCC(C)=CCO)CO.O=C(O)CCC(=O)O.O=C(O)CCC(=O)O. The van der Waals surface area contributed by atoms with Crippen LogP contribution in [0.1, 0.15) is 72.1 Å². The molecule has 0 amide bonds. The summed E-state index contributed by atoms with van der Waals surface area (Å²) in [6.45, 7) is 6.46. The highest BCUT2D eigenvalue weighted by Crippen LogP contribution is 2.11. The van der Waals surface area contributed by atoms with Gasteiger partial charge in [0.1, 0.15) is 0 Å². The van der Waals surface area contributed by atoms with Gasteiger partial charge in [0.15, 0.2) is 0 Å². The largest absolute Gasteiger partial charge is 0.481 e. The zero-order chi connectivity index (χ0) is 26.2. The first-order valence-corrected chi connectivity index (χ1v) is 10.4. The molecule has 0 saturated carbocycles. The van der Waals surface area contributed by atoms with Crippen molar-refractivity contribution in [2.45, 2.75) is 72.1 Å². The third kappa shape index (κ3) is 36.7. The Morgan fingerprint density at radius 3 is 1.27 bits per heavy atom. The van der Waals surface area contributed by atoms with Gasteiger partial charge in [0.05, 0.1) is 38.9 Å². The molecule has 10 nitrogen and oxygen atoms in total. The van der Waals surface area contributed by atoms with Gasteiger partial charge in [-0.2, -0.15) is 0 Å². The summed E-state index contributed by atoms with van der Waals surface area (Å²) in [6.07, 6.45) is 8.78. The molecule has 33 heavy (non-hydrogen) atoms. The Balaban J connectivity index is -0.000000468. The zero-order valence-corrected chi connectivity index (χ0v) is 19.6. The lowest BCUT2D eigenvalue weighted by Gasteiger charge is -2.03. The molecule has 0 radical (unpaired) electrons. The standard InChI is InChI=1S/C15H26O2.2C4H6O4/c1-13(2)6-4-8-15(12-17)9-5-7-14(3)10-11-16;2*5-3(6)1-2-4(7)8/h6,9-10,16-17H,4-5,7-8,11-12H2,1-3H3;2*1-2H2,(H,5,6)(H,7,8). The summed E-state index contributed by atoms with van der Waals surface area (Å²) in [5.74, 6) is -4.31. The topological polar surface area (TPSA) is 190 Å². The third-order valence-corrected chi connectivity index (χ3v) is 3.74. The minimum atomic E-state index is -1.08. The molecule has 0 fully saturated rings. The van der Waals surface area contributed by atoms with Crippen molar-refractivity contribution >= 4 is 23.9 Å². The quantitative estimate of drug-likeness (QED) is 0.204. The molecule has 6 N–H and O–H groups in total. The second-order valence-corrected chi connectivity index (χ2v) is 7.19. The number of carbonyl (C=O) groups is 4. The molecule has 0 saturated heterocycles. The Bertz CT molecular complexity index is 615. The lowest BCUT2D eigenvalue weighted by molar-refractivity contribution is -0.143. The predicted octanol–water partition coefficient (Wildman–Crippen LogP) is 3.24. The van der Waals surface area contributed by atoms with E-state index >= 15 is 0 Å².